The quantitative estimate of drug-likeness (QED) is 0.483. The highest BCUT2D eigenvalue weighted by Gasteiger charge is 2.60. The third-order valence-corrected chi connectivity index (χ3v) is 9.48. The average molecular weight is 431 g/mol. The van der Waals surface area contributed by atoms with Crippen LogP contribution in [0.3, 0.4) is 0 Å². The number of Topliss-reactive ketones (excluding diaryl/α,β-unsaturated/α-hetero) is 1. The molecule has 4 heteroatoms. The maximum Gasteiger partial charge on any atom is 0.162 e. The molecule has 0 radical (unpaired) electrons. The van der Waals surface area contributed by atoms with E-state index in [1.807, 2.05) is 13.0 Å². The first kappa shape index (κ1) is 23.2. The lowest BCUT2D eigenvalue weighted by Gasteiger charge is -2.58. The molecule has 4 nitrogen and oxygen atoms in total. The first-order chi connectivity index (χ1) is 14.6. The number of ketones is 2. The Morgan fingerprint density at radius 1 is 1.03 bits per heavy atom. The fraction of sp³-hybridized carbons (Fsp3) is 0.852. The molecule has 31 heavy (non-hydrogen) atoms. The van der Waals surface area contributed by atoms with Gasteiger partial charge < -0.3 is 9.47 Å². The predicted octanol–water partition coefficient (Wildman–Crippen LogP) is 5.74. The zero-order chi connectivity index (χ0) is 22.4. The minimum atomic E-state index is -0.329. The monoisotopic (exact) mass is 430 g/mol. The van der Waals surface area contributed by atoms with Gasteiger partial charge in [0.15, 0.2) is 17.9 Å². The van der Waals surface area contributed by atoms with E-state index in [1.54, 1.807) is 0 Å². The smallest absolute Gasteiger partial charge is 0.162 e. The summed E-state index contributed by atoms with van der Waals surface area (Å²) in [5.41, 5.74) is 1.72. The highest BCUT2D eigenvalue weighted by Crippen LogP contribution is 2.66. The van der Waals surface area contributed by atoms with Crippen LogP contribution in [0.4, 0.5) is 0 Å². The molecule has 0 heterocycles. The summed E-state index contributed by atoms with van der Waals surface area (Å²) in [7, 11) is 0. The second-order valence-corrected chi connectivity index (χ2v) is 11.7. The maximum absolute atomic E-state index is 13.2. The molecule has 4 aliphatic carbocycles. The van der Waals surface area contributed by atoms with Crippen molar-refractivity contribution >= 4 is 11.6 Å². The van der Waals surface area contributed by atoms with E-state index in [1.165, 1.54) is 24.8 Å². The van der Waals surface area contributed by atoms with Gasteiger partial charge in [0.25, 0.3) is 0 Å². The lowest BCUT2D eigenvalue weighted by molar-refractivity contribution is -0.158. The highest BCUT2D eigenvalue weighted by atomic mass is 16.7. The van der Waals surface area contributed by atoms with Gasteiger partial charge in [-0.05, 0) is 92.4 Å². The van der Waals surface area contributed by atoms with E-state index >= 15 is 0 Å². The number of hydrogen-bond acceptors (Lipinski definition) is 4. The van der Waals surface area contributed by atoms with Crippen LogP contribution in [0.25, 0.3) is 0 Å². The Morgan fingerprint density at radius 2 is 1.81 bits per heavy atom. The van der Waals surface area contributed by atoms with Crippen LogP contribution in [0.2, 0.25) is 0 Å². The van der Waals surface area contributed by atoms with Gasteiger partial charge in [0.2, 0.25) is 0 Å². The van der Waals surface area contributed by atoms with E-state index in [2.05, 4.69) is 27.7 Å². The number of carbonyl (C=O) groups is 2. The summed E-state index contributed by atoms with van der Waals surface area (Å²) in [6.07, 6.45) is 10.1. The third kappa shape index (κ3) is 4.19. The van der Waals surface area contributed by atoms with Gasteiger partial charge >= 0.3 is 0 Å². The molecule has 0 amide bonds. The molecule has 0 aromatic carbocycles. The lowest BCUT2D eigenvalue weighted by Crippen LogP contribution is -2.51. The standard InChI is InChI=1S/C27H42O4/c1-17(2)15-30-18(3)31-16-25(29)24-9-8-22-21-7-6-19-14-20(28)10-12-26(19,4)23(21)11-13-27(22,24)5/h14,17-18,21-24H,6-13,15-16H2,1-5H3/t18?,21-,22-,23-,24+,26-,27-/m0/s1. The molecule has 0 bridgehead atoms. The Balaban J connectivity index is 1.42. The molecule has 4 aliphatic rings. The van der Waals surface area contributed by atoms with E-state index < -0.39 is 0 Å². The van der Waals surface area contributed by atoms with Gasteiger partial charge in [-0.3, -0.25) is 9.59 Å². The Hall–Kier alpha value is -1.00. The zero-order valence-corrected chi connectivity index (χ0v) is 20.2. The summed E-state index contributed by atoms with van der Waals surface area (Å²) in [6.45, 7) is 11.8. The molecule has 3 fully saturated rings. The Kier molecular flexibility index (Phi) is 6.53. The predicted molar refractivity (Wildman–Crippen MR) is 121 cm³/mol. The van der Waals surface area contributed by atoms with Crippen LogP contribution in [-0.2, 0) is 19.1 Å². The summed E-state index contributed by atoms with van der Waals surface area (Å²) in [4.78, 5) is 25.2. The van der Waals surface area contributed by atoms with E-state index in [0.29, 0.717) is 42.5 Å². The van der Waals surface area contributed by atoms with Crippen LogP contribution >= 0.6 is 0 Å². The number of allylic oxidation sites excluding steroid dienone is 1. The summed E-state index contributed by atoms with van der Waals surface area (Å²) in [5, 5.41) is 0. The largest absolute Gasteiger partial charge is 0.353 e. The fourth-order valence-corrected chi connectivity index (χ4v) is 7.76. The first-order valence-electron chi connectivity index (χ1n) is 12.6. The van der Waals surface area contributed by atoms with Crippen LogP contribution in [0.1, 0.15) is 86.0 Å². The molecule has 0 saturated heterocycles. The topological polar surface area (TPSA) is 52.6 Å². The number of fused-ring (bicyclic) bond motifs is 5. The molecule has 174 valence electrons. The van der Waals surface area contributed by atoms with Crippen LogP contribution in [0, 0.1) is 40.4 Å². The molecule has 0 aromatic heterocycles. The molecule has 4 rings (SSSR count). The van der Waals surface area contributed by atoms with E-state index in [-0.39, 0.29) is 35.4 Å². The van der Waals surface area contributed by atoms with Crippen molar-refractivity contribution in [1.29, 1.82) is 0 Å². The Morgan fingerprint density at radius 3 is 2.55 bits per heavy atom. The van der Waals surface area contributed by atoms with Gasteiger partial charge in [-0.15, -0.1) is 0 Å². The van der Waals surface area contributed by atoms with Gasteiger partial charge in [-0.1, -0.05) is 33.3 Å². The van der Waals surface area contributed by atoms with Crippen molar-refractivity contribution in [1.82, 2.24) is 0 Å². The van der Waals surface area contributed by atoms with E-state index in [0.717, 1.165) is 25.7 Å². The first-order valence-corrected chi connectivity index (χ1v) is 12.6. The van der Waals surface area contributed by atoms with Gasteiger partial charge in [-0.2, -0.15) is 0 Å². The molecular weight excluding hydrogens is 388 g/mol. The Bertz CT molecular complexity index is 740. The van der Waals surface area contributed by atoms with Crippen molar-refractivity contribution in [2.24, 2.45) is 40.4 Å². The van der Waals surface area contributed by atoms with Crippen LogP contribution < -0.4 is 0 Å². The van der Waals surface area contributed by atoms with Crippen molar-refractivity contribution in [2.75, 3.05) is 13.2 Å². The molecular formula is C27H42O4. The number of rotatable bonds is 7. The van der Waals surface area contributed by atoms with Crippen molar-refractivity contribution < 1.29 is 19.1 Å². The molecule has 0 N–H and O–H groups in total. The highest BCUT2D eigenvalue weighted by molar-refractivity contribution is 5.91. The van der Waals surface area contributed by atoms with Gasteiger partial charge in [-0.25, -0.2) is 0 Å². The summed E-state index contributed by atoms with van der Waals surface area (Å²) >= 11 is 0. The Labute approximate surface area is 188 Å². The molecule has 0 spiro atoms. The van der Waals surface area contributed by atoms with Gasteiger partial charge in [0.05, 0.1) is 6.61 Å². The number of hydrogen-bond donors (Lipinski definition) is 0. The summed E-state index contributed by atoms with van der Waals surface area (Å²) in [5.74, 6) is 3.18. The zero-order valence-electron chi connectivity index (χ0n) is 20.2. The van der Waals surface area contributed by atoms with Crippen molar-refractivity contribution in [2.45, 2.75) is 92.3 Å². The molecule has 7 atom stereocenters. The normalized spacial score (nSPS) is 40.7. The average Bonchev–Trinajstić information content (AvgIpc) is 3.08. The molecule has 1 unspecified atom stereocenters. The minimum absolute atomic E-state index is 0.103. The molecule has 0 aliphatic heterocycles. The van der Waals surface area contributed by atoms with Crippen molar-refractivity contribution in [3.63, 3.8) is 0 Å². The van der Waals surface area contributed by atoms with Crippen LogP contribution in [0.5, 0.6) is 0 Å². The van der Waals surface area contributed by atoms with E-state index in [9.17, 15) is 9.59 Å². The maximum atomic E-state index is 13.2. The van der Waals surface area contributed by atoms with Gasteiger partial charge in [0.1, 0.15) is 6.61 Å². The third-order valence-electron chi connectivity index (χ3n) is 9.48. The molecule has 0 aromatic rings. The second kappa shape index (κ2) is 8.74. The van der Waals surface area contributed by atoms with Crippen LogP contribution in [0.15, 0.2) is 11.6 Å². The minimum Gasteiger partial charge on any atom is -0.353 e. The van der Waals surface area contributed by atoms with E-state index in [4.69, 9.17) is 9.47 Å². The van der Waals surface area contributed by atoms with Crippen LogP contribution in [-0.4, -0.2) is 31.1 Å². The number of ether oxygens (including phenoxy) is 2. The van der Waals surface area contributed by atoms with Gasteiger partial charge in [0, 0.05) is 12.3 Å². The fourth-order valence-electron chi connectivity index (χ4n) is 7.76. The number of carbonyl (C=O) groups excluding carboxylic acids is 2. The summed E-state index contributed by atoms with van der Waals surface area (Å²) < 4.78 is 11.5. The summed E-state index contributed by atoms with van der Waals surface area (Å²) in [6, 6.07) is 0. The SMILES string of the molecule is CC(C)COC(C)OCC(=O)[C@H]1CC[C@H]2[C@@H]3CCC4=CC(=O)CC[C@]4(C)[C@H]3CC[C@]12C. The second-order valence-electron chi connectivity index (χ2n) is 11.7. The van der Waals surface area contributed by atoms with Crippen molar-refractivity contribution in [3.05, 3.63) is 11.6 Å². The molecule has 3 saturated carbocycles. The van der Waals surface area contributed by atoms with Crippen molar-refractivity contribution in [3.8, 4) is 0 Å². The lowest BCUT2D eigenvalue weighted by atomic mass is 9.46.